The predicted octanol–water partition coefficient (Wildman–Crippen LogP) is 2.09. The van der Waals surface area contributed by atoms with Crippen molar-refractivity contribution >= 4 is 16.7 Å². The summed E-state index contributed by atoms with van der Waals surface area (Å²) in [6.07, 6.45) is 0. The van der Waals surface area contributed by atoms with Crippen LogP contribution in [0.3, 0.4) is 0 Å². The standard InChI is InChI=1S/C10H13N3O/c1-7(2)11-10-8-5-3-4-6-9(8)13(14)12-10/h3-7,14H,1-2H3,(H,11,12). The maximum Gasteiger partial charge on any atom is 0.159 e. The Kier molecular flexibility index (Phi) is 2.04. The van der Waals surface area contributed by atoms with Crippen LogP contribution >= 0.6 is 0 Å². The van der Waals surface area contributed by atoms with Gasteiger partial charge in [0.2, 0.25) is 0 Å². The minimum atomic E-state index is 0.299. The van der Waals surface area contributed by atoms with E-state index >= 15 is 0 Å². The molecule has 2 rings (SSSR count). The molecule has 0 unspecified atom stereocenters. The van der Waals surface area contributed by atoms with Gasteiger partial charge in [0.1, 0.15) is 5.52 Å². The third-order valence-electron chi connectivity index (χ3n) is 1.99. The summed E-state index contributed by atoms with van der Waals surface area (Å²) in [6.45, 7) is 4.07. The number of aromatic nitrogens is 2. The lowest BCUT2D eigenvalue weighted by molar-refractivity contribution is 0.162. The summed E-state index contributed by atoms with van der Waals surface area (Å²) >= 11 is 0. The Morgan fingerprint density at radius 1 is 1.36 bits per heavy atom. The monoisotopic (exact) mass is 191 g/mol. The van der Waals surface area contributed by atoms with Gasteiger partial charge in [0, 0.05) is 11.4 Å². The third kappa shape index (κ3) is 1.39. The van der Waals surface area contributed by atoms with Gasteiger partial charge in [0.15, 0.2) is 5.82 Å². The van der Waals surface area contributed by atoms with E-state index in [4.69, 9.17) is 0 Å². The van der Waals surface area contributed by atoms with E-state index in [2.05, 4.69) is 10.4 Å². The van der Waals surface area contributed by atoms with Gasteiger partial charge in [-0.25, -0.2) is 0 Å². The number of hydrogen-bond acceptors (Lipinski definition) is 3. The molecule has 1 aromatic heterocycles. The number of nitrogens with one attached hydrogen (secondary N) is 1. The quantitative estimate of drug-likeness (QED) is 0.714. The molecule has 0 spiro atoms. The highest BCUT2D eigenvalue weighted by atomic mass is 16.5. The van der Waals surface area contributed by atoms with Crippen LogP contribution in [-0.4, -0.2) is 21.2 Å². The fraction of sp³-hybridized carbons (Fsp3) is 0.300. The van der Waals surface area contributed by atoms with Crippen molar-refractivity contribution in [3.63, 3.8) is 0 Å². The van der Waals surface area contributed by atoms with E-state index in [9.17, 15) is 5.21 Å². The van der Waals surface area contributed by atoms with Gasteiger partial charge >= 0.3 is 0 Å². The van der Waals surface area contributed by atoms with Crippen LogP contribution in [-0.2, 0) is 0 Å². The number of anilines is 1. The molecule has 1 aromatic carbocycles. The van der Waals surface area contributed by atoms with Gasteiger partial charge in [-0.05, 0) is 26.0 Å². The van der Waals surface area contributed by atoms with Crippen LogP contribution in [0.5, 0.6) is 0 Å². The topological polar surface area (TPSA) is 50.1 Å². The highest BCUT2D eigenvalue weighted by Gasteiger charge is 2.09. The lowest BCUT2D eigenvalue weighted by atomic mass is 10.2. The second kappa shape index (κ2) is 3.21. The molecule has 4 nitrogen and oxygen atoms in total. The molecule has 14 heavy (non-hydrogen) atoms. The number of fused-ring (bicyclic) bond motifs is 1. The molecule has 2 N–H and O–H groups in total. The summed E-state index contributed by atoms with van der Waals surface area (Å²) in [5, 5.41) is 17.6. The van der Waals surface area contributed by atoms with Crippen molar-refractivity contribution in [2.75, 3.05) is 5.32 Å². The van der Waals surface area contributed by atoms with Crippen LogP contribution in [0.4, 0.5) is 5.82 Å². The summed E-state index contributed by atoms with van der Waals surface area (Å²) in [4.78, 5) is 0.903. The molecule has 0 amide bonds. The average Bonchev–Trinajstić information content (AvgIpc) is 2.44. The minimum absolute atomic E-state index is 0.299. The van der Waals surface area contributed by atoms with Crippen LogP contribution in [0.25, 0.3) is 10.9 Å². The average molecular weight is 191 g/mol. The first kappa shape index (κ1) is 8.87. The van der Waals surface area contributed by atoms with E-state index < -0.39 is 0 Å². The first-order valence-corrected chi connectivity index (χ1v) is 4.62. The molecule has 0 saturated carbocycles. The Bertz CT molecular complexity index is 448. The molecule has 1 heterocycles. The van der Waals surface area contributed by atoms with Crippen molar-refractivity contribution in [1.82, 2.24) is 9.94 Å². The second-order valence-electron chi connectivity index (χ2n) is 3.55. The number of para-hydroxylation sites is 1. The largest absolute Gasteiger partial charge is 0.411 e. The number of benzene rings is 1. The molecule has 0 bridgehead atoms. The Morgan fingerprint density at radius 2 is 2.07 bits per heavy atom. The minimum Gasteiger partial charge on any atom is -0.411 e. The lowest BCUT2D eigenvalue weighted by Crippen LogP contribution is -2.10. The number of hydrogen-bond donors (Lipinski definition) is 2. The summed E-state index contributed by atoms with van der Waals surface area (Å²) < 4.78 is 0. The second-order valence-corrected chi connectivity index (χ2v) is 3.55. The molecule has 0 radical (unpaired) electrons. The lowest BCUT2D eigenvalue weighted by Gasteiger charge is -2.05. The maximum atomic E-state index is 9.47. The van der Waals surface area contributed by atoms with Crippen molar-refractivity contribution in [1.29, 1.82) is 0 Å². The van der Waals surface area contributed by atoms with Crippen LogP contribution in [0.1, 0.15) is 13.8 Å². The SMILES string of the molecule is CC(C)Nc1nn(O)c2ccccc12. The fourth-order valence-corrected chi connectivity index (χ4v) is 1.43. The summed E-state index contributed by atoms with van der Waals surface area (Å²) in [5.41, 5.74) is 0.718. The molecular formula is C10H13N3O. The molecule has 0 fully saturated rings. The van der Waals surface area contributed by atoms with E-state index in [0.717, 1.165) is 21.6 Å². The van der Waals surface area contributed by atoms with Crippen molar-refractivity contribution in [3.8, 4) is 0 Å². The van der Waals surface area contributed by atoms with E-state index in [1.165, 1.54) is 0 Å². The number of nitrogens with zero attached hydrogens (tertiary/aromatic N) is 2. The first-order valence-electron chi connectivity index (χ1n) is 4.62. The zero-order chi connectivity index (χ0) is 10.1. The van der Waals surface area contributed by atoms with Gasteiger partial charge in [-0.3, -0.25) is 0 Å². The van der Waals surface area contributed by atoms with E-state index in [1.807, 2.05) is 38.1 Å². The molecule has 0 saturated heterocycles. The van der Waals surface area contributed by atoms with Gasteiger partial charge in [0.25, 0.3) is 0 Å². The van der Waals surface area contributed by atoms with Gasteiger partial charge < -0.3 is 10.5 Å². The van der Waals surface area contributed by atoms with E-state index in [-0.39, 0.29) is 0 Å². The molecule has 2 aromatic rings. The van der Waals surface area contributed by atoms with Gasteiger partial charge in [-0.1, -0.05) is 17.0 Å². The fourth-order valence-electron chi connectivity index (χ4n) is 1.43. The molecule has 0 aliphatic heterocycles. The summed E-state index contributed by atoms with van der Waals surface area (Å²) in [7, 11) is 0. The van der Waals surface area contributed by atoms with Crippen LogP contribution in [0.2, 0.25) is 0 Å². The Labute approximate surface area is 82.1 Å². The highest BCUT2D eigenvalue weighted by Crippen LogP contribution is 2.21. The van der Waals surface area contributed by atoms with Crippen LogP contribution in [0.15, 0.2) is 24.3 Å². The molecule has 0 aliphatic carbocycles. The van der Waals surface area contributed by atoms with E-state index in [1.54, 1.807) is 0 Å². The first-order chi connectivity index (χ1) is 6.68. The Hall–Kier alpha value is -1.71. The third-order valence-corrected chi connectivity index (χ3v) is 1.99. The predicted molar refractivity (Wildman–Crippen MR) is 55.7 cm³/mol. The van der Waals surface area contributed by atoms with Crippen molar-refractivity contribution in [2.24, 2.45) is 0 Å². The molecule has 0 aliphatic rings. The van der Waals surface area contributed by atoms with Crippen LogP contribution in [0, 0.1) is 0 Å². The number of rotatable bonds is 2. The van der Waals surface area contributed by atoms with Crippen LogP contribution < -0.4 is 5.32 Å². The molecule has 0 atom stereocenters. The van der Waals surface area contributed by atoms with Crippen molar-refractivity contribution in [2.45, 2.75) is 19.9 Å². The maximum absolute atomic E-state index is 9.47. The molecule has 4 heteroatoms. The molecular weight excluding hydrogens is 178 g/mol. The summed E-state index contributed by atoms with van der Waals surface area (Å²) in [5.74, 6) is 0.720. The zero-order valence-corrected chi connectivity index (χ0v) is 8.23. The van der Waals surface area contributed by atoms with Gasteiger partial charge in [0.05, 0.1) is 0 Å². The Balaban J connectivity index is 2.55. The zero-order valence-electron chi connectivity index (χ0n) is 8.23. The van der Waals surface area contributed by atoms with Gasteiger partial charge in [-0.2, -0.15) is 0 Å². The van der Waals surface area contributed by atoms with Crippen molar-refractivity contribution < 1.29 is 5.21 Å². The Morgan fingerprint density at radius 3 is 2.79 bits per heavy atom. The molecule has 74 valence electrons. The smallest absolute Gasteiger partial charge is 0.159 e. The van der Waals surface area contributed by atoms with Gasteiger partial charge in [-0.15, -0.1) is 5.10 Å². The van der Waals surface area contributed by atoms with E-state index in [0.29, 0.717) is 6.04 Å². The normalized spacial score (nSPS) is 11.1. The summed E-state index contributed by atoms with van der Waals surface area (Å²) in [6, 6.07) is 7.85. The highest BCUT2D eigenvalue weighted by molar-refractivity contribution is 5.89. The van der Waals surface area contributed by atoms with Crippen molar-refractivity contribution in [3.05, 3.63) is 24.3 Å².